The van der Waals surface area contributed by atoms with Crippen LogP contribution in [-0.2, 0) is 14.3 Å². The molecule has 0 radical (unpaired) electrons. The van der Waals surface area contributed by atoms with Gasteiger partial charge in [0.05, 0.1) is 19.8 Å². The van der Waals surface area contributed by atoms with E-state index in [1.165, 1.54) is 0 Å². The van der Waals surface area contributed by atoms with Crippen LogP contribution >= 0.6 is 0 Å². The molecule has 0 aliphatic rings. The highest BCUT2D eigenvalue weighted by Gasteiger charge is 2.07. The maximum absolute atomic E-state index is 10.3. The summed E-state index contributed by atoms with van der Waals surface area (Å²) in [7, 11) is 1.61. The first-order chi connectivity index (χ1) is 6.18. The molecule has 0 aliphatic carbocycles. The topological polar surface area (TPSA) is 67.8 Å². The lowest BCUT2D eigenvalue weighted by Crippen LogP contribution is -2.35. The fourth-order valence-corrected chi connectivity index (χ4v) is 0.679. The molecular weight excluding hydrogens is 174 g/mol. The number of methoxy groups -OCH3 is 1. The van der Waals surface area contributed by atoms with Gasteiger partial charge < -0.3 is 19.9 Å². The highest BCUT2D eigenvalue weighted by molar-refractivity contribution is 5.72. The average Bonchev–Trinajstić information content (AvgIpc) is 2.10. The van der Waals surface area contributed by atoms with Gasteiger partial charge in [0.15, 0.2) is 0 Å². The van der Waals surface area contributed by atoms with Gasteiger partial charge in [0, 0.05) is 13.7 Å². The summed E-state index contributed by atoms with van der Waals surface area (Å²) in [5.74, 6) is -0.850. The van der Waals surface area contributed by atoms with Crippen molar-refractivity contribution >= 4 is 5.97 Å². The van der Waals surface area contributed by atoms with Crippen molar-refractivity contribution in [3.8, 4) is 0 Å². The van der Waals surface area contributed by atoms with E-state index in [-0.39, 0.29) is 0 Å². The van der Waals surface area contributed by atoms with Crippen LogP contribution < -0.4 is 5.32 Å². The van der Waals surface area contributed by atoms with Gasteiger partial charge in [0.1, 0.15) is 6.04 Å². The predicted molar refractivity (Wildman–Crippen MR) is 47.8 cm³/mol. The fraction of sp³-hybridized carbons (Fsp3) is 0.875. The molecule has 0 bridgehead atoms. The number of aliphatic carboxylic acids is 1. The van der Waals surface area contributed by atoms with Crippen molar-refractivity contribution in [3.63, 3.8) is 0 Å². The number of ether oxygens (including phenoxy) is 2. The van der Waals surface area contributed by atoms with Crippen molar-refractivity contribution in [2.75, 3.05) is 33.5 Å². The molecule has 0 fully saturated rings. The Morgan fingerprint density at radius 1 is 1.46 bits per heavy atom. The number of carbonyl (C=O) groups is 1. The third kappa shape index (κ3) is 7.70. The molecule has 2 N–H and O–H groups in total. The monoisotopic (exact) mass is 191 g/mol. The van der Waals surface area contributed by atoms with Crippen LogP contribution in [0.25, 0.3) is 0 Å². The Morgan fingerprint density at radius 2 is 2.15 bits per heavy atom. The summed E-state index contributed by atoms with van der Waals surface area (Å²) in [6.45, 7) is 3.74. The number of hydrogen-bond donors (Lipinski definition) is 2. The summed E-state index contributed by atoms with van der Waals surface area (Å²) < 4.78 is 9.89. The zero-order valence-electron chi connectivity index (χ0n) is 8.08. The molecule has 5 heteroatoms. The van der Waals surface area contributed by atoms with Crippen molar-refractivity contribution in [2.24, 2.45) is 0 Å². The molecule has 0 spiro atoms. The van der Waals surface area contributed by atoms with E-state index in [4.69, 9.17) is 14.6 Å². The van der Waals surface area contributed by atoms with Crippen LogP contribution in [0.2, 0.25) is 0 Å². The minimum atomic E-state index is -0.850. The van der Waals surface area contributed by atoms with Crippen LogP contribution in [0, 0.1) is 0 Å². The molecular formula is C8H17NO4. The molecule has 0 aromatic carbocycles. The van der Waals surface area contributed by atoms with Gasteiger partial charge in [0.2, 0.25) is 0 Å². The largest absolute Gasteiger partial charge is 0.480 e. The smallest absolute Gasteiger partial charge is 0.320 e. The van der Waals surface area contributed by atoms with Gasteiger partial charge in [-0.1, -0.05) is 0 Å². The summed E-state index contributed by atoms with van der Waals surface area (Å²) in [5.41, 5.74) is 0. The van der Waals surface area contributed by atoms with E-state index >= 15 is 0 Å². The molecule has 0 saturated heterocycles. The van der Waals surface area contributed by atoms with Gasteiger partial charge in [-0.05, 0) is 6.92 Å². The Labute approximate surface area is 78.0 Å². The molecule has 0 heterocycles. The van der Waals surface area contributed by atoms with Gasteiger partial charge >= 0.3 is 5.97 Å². The van der Waals surface area contributed by atoms with E-state index in [2.05, 4.69) is 5.32 Å². The van der Waals surface area contributed by atoms with Gasteiger partial charge in [-0.15, -0.1) is 0 Å². The van der Waals surface area contributed by atoms with Crippen molar-refractivity contribution < 1.29 is 19.4 Å². The van der Waals surface area contributed by atoms with E-state index < -0.39 is 12.0 Å². The molecule has 0 aromatic rings. The number of rotatable bonds is 8. The average molecular weight is 191 g/mol. The molecule has 5 nitrogen and oxygen atoms in total. The third-order valence-electron chi connectivity index (χ3n) is 1.50. The maximum Gasteiger partial charge on any atom is 0.320 e. The second kappa shape index (κ2) is 7.97. The molecule has 13 heavy (non-hydrogen) atoms. The van der Waals surface area contributed by atoms with Crippen LogP contribution in [-0.4, -0.2) is 50.6 Å². The summed E-state index contributed by atoms with van der Waals surface area (Å²) in [5, 5.41) is 11.3. The fourth-order valence-electron chi connectivity index (χ4n) is 0.679. The highest BCUT2D eigenvalue weighted by Crippen LogP contribution is 1.80. The quantitative estimate of drug-likeness (QED) is 0.516. The van der Waals surface area contributed by atoms with Crippen molar-refractivity contribution in [1.29, 1.82) is 0 Å². The van der Waals surface area contributed by atoms with E-state index in [1.54, 1.807) is 14.0 Å². The molecule has 0 aliphatic heterocycles. The second-order valence-corrected chi connectivity index (χ2v) is 2.62. The lowest BCUT2D eigenvalue weighted by Gasteiger charge is -2.08. The van der Waals surface area contributed by atoms with E-state index in [0.29, 0.717) is 26.4 Å². The molecule has 0 saturated carbocycles. The second-order valence-electron chi connectivity index (χ2n) is 2.62. The first kappa shape index (κ1) is 12.3. The molecule has 0 amide bonds. The SMILES string of the molecule is COCCOCCNC(C)C(=O)O. The maximum atomic E-state index is 10.3. The summed E-state index contributed by atoms with van der Waals surface area (Å²) in [6.07, 6.45) is 0. The van der Waals surface area contributed by atoms with Crippen LogP contribution in [0.15, 0.2) is 0 Å². The van der Waals surface area contributed by atoms with E-state index in [0.717, 1.165) is 0 Å². The first-order valence-electron chi connectivity index (χ1n) is 4.21. The zero-order chi connectivity index (χ0) is 10.1. The Morgan fingerprint density at radius 3 is 2.69 bits per heavy atom. The van der Waals surface area contributed by atoms with Crippen molar-refractivity contribution in [3.05, 3.63) is 0 Å². The lowest BCUT2D eigenvalue weighted by atomic mass is 10.3. The Hall–Kier alpha value is -0.650. The summed E-state index contributed by atoms with van der Waals surface area (Å²) in [6, 6.07) is -0.522. The minimum absolute atomic E-state index is 0.501. The van der Waals surface area contributed by atoms with Gasteiger partial charge in [-0.25, -0.2) is 0 Å². The van der Waals surface area contributed by atoms with Crippen LogP contribution in [0.3, 0.4) is 0 Å². The Kier molecular flexibility index (Phi) is 7.57. The number of hydrogen-bond acceptors (Lipinski definition) is 4. The highest BCUT2D eigenvalue weighted by atomic mass is 16.5. The Balaban J connectivity index is 3.11. The Bertz CT molecular complexity index is 140. The van der Waals surface area contributed by atoms with Gasteiger partial charge in [-0.2, -0.15) is 0 Å². The van der Waals surface area contributed by atoms with Crippen LogP contribution in [0.1, 0.15) is 6.92 Å². The van der Waals surface area contributed by atoms with Crippen LogP contribution in [0.5, 0.6) is 0 Å². The van der Waals surface area contributed by atoms with E-state index in [1.807, 2.05) is 0 Å². The first-order valence-corrected chi connectivity index (χ1v) is 4.21. The number of carboxylic acid groups (broad SMARTS) is 1. The standard InChI is InChI=1S/C8H17NO4/c1-7(8(10)11)9-3-4-13-6-5-12-2/h7,9H,3-6H2,1-2H3,(H,10,11). The normalized spacial score (nSPS) is 12.8. The molecule has 0 aromatic heterocycles. The minimum Gasteiger partial charge on any atom is -0.480 e. The van der Waals surface area contributed by atoms with Gasteiger partial charge in [0.25, 0.3) is 0 Å². The zero-order valence-corrected chi connectivity index (χ0v) is 8.08. The summed E-state index contributed by atoms with van der Waals surface area (Å²) >= 11 is 0. The third-order valence-corrected chi connectivity index (χ3v) is 1.50. The molecule has 78 valence electrons. The molecule has 1 unspecified atom stereocenters. The summed E-state index contributed by atoms with van der Waals surface area (Å²) in [4.78, 5) is 10.3. The van der Waals surface area contributed by atoms with Crippen molar-refractivity contribution in [1.82, 2.24) is 5.32 Å². The lowest BCUT2D eigenvalue weighted by molar-refractivity contribution is -0.139. The van der Waals surface area contributed by atoms with Gasteiger partial charge in [-0.3, -0.25) is 4.79 Å². The number of carboxylic acids is 1. The molecule has 0 rings (SSSR count). The van der Waals surface area contributed by atoms with Crippen LogP contribution in [0.4, 0.5) is 0 Å². The van der Waals surface area contributed by atoms with Crippen molar-refractivity contribution in [2.45, 2.75) is 13.0 Å². The number of nitrogens with one attached hydrogen (secondary N) is 1. The predicted octanol–water partition coefficient (Wildman–Crippen LogP) is -0.288. The van der Waals surface area contributed by atoms with E-state index in [9.17, 15) is 4.79 Å². The molecule has 1 atom stereocenters.